The van der Waals surface area contributed by atoms with Crippen LogP contribution >= 0.6 is 0 Å². The van der Waals surface area contributed by atoms with Gasteiger partial charge in [0.1, 0.15) is 0 Å². The van der Waals surface area contributed by atoms with Crippen molar-refractivity contribution in [1.82, 2.24) is 14.9 Å². The molecule has 1 aromatic carbocycles. The highest BCUT2D eigenvalue weighted by Gasteiger charge is 2.24. The fraction of sp³-hybridized carbons (Fsp3) is 0.471. The summed E-state index contributed by atoms with van der Waals surface area (Å²) in [6.45, 7) is 6.89. The van der Waals surface area contributed by atoms with Crippen molar-refractivity contribution in [2.45, 2.75) is 46.1 Å². The maximum Gasteiger partial charge on any atom is 0.254 e. The number of benzene rings is 1. The van der Waals surface area contributed by atoms with E-state index in [0.29, 0.717) is 11.6 Å². The van der Waals surface area contributed by atoms with Gasteiger partial charge < -0.3 is 4.90 Å². The minimum atomic E-state index is 0.115. The van der Waals surface area contributed by atoms with Gasteiger partial charge in [-0.25, -0.2) is 9.97 Å². The number of rotatable bonds is 1. The van der Waals surface area contributed by atoms with Gasteiger partial charge in [-0.05, 0) is 58.2 Å². The Labute approximate surface area is 125 Å². The molecular formula is C17H21N3O. The van der Waals surface area contributed by atoms with Gasteiger partial charge in [0.25, 0.3) is 5.91 Å². The second kappa shape index (κ2) is 5.43. The second-order valence-electron chi connectivity index (χ2n) is 5.94. The van der Waals surface area contributed by atoms with Crippen molar-refractivity contribution < 1.29 is 4.79 Å². The normalized spacial score (nSPS) is 19.0. The molecule has 1 amide bonds. The first-order chi connectivity index (χ1) is 10.1. The van der Waals surface area contributed by atoms with Crippen molar-refractivity contribution in [1.29, 1.82) is 0 Å². The predicted molar refractivity (Wildman–Crippen MR) is 83.4 cm³/mol. The number of amides is 1. The number of aryl methyl sites for hydroxylation is 2. The van der Waals surface area contributed by atoms with Gasteiger partial charge in [0.2, 0.25) is 0 Å². The standard InChI is InChI=1S/C17H21N3O/c1-11-6-4-5-9-20(11)17(21)14-7-8-15-16(10-14)19-13(3)12(2)18-15/h7-8,10-11H,4-6,9H2,1-3H3. The molecule has 0 N–H and O–H groups in total. The maximum atomic E-state index is 12.7. The van der Waals surface area contributed by atoms with E-state index in [1.165, 1.54) is 6.42 Å². The Kier molecular flexibility index (Phi) is 3.62. The lowest BCUT2D eigenvalue weighted by Gasteiger charge is -2.33. The van der Waals surface area contributed by atoms with Crippen LogP contribution in [0.5, 0.6) is 0 Å². The third kappa shape index (κ3) is 2.62. The lowest BCUT2D eigenvalue weighted by molar-refractivity contribution is 0.0636. The largest absolute Gasteiger partial charge is 0.336 e. The van der Waals surface area contributed by atoms with Crippen molar-refractivity contribution in [2.75, 3.05) is 6.54 Å². The molecule has 3 rings (SSSR count). The maximum absolute atomic E-state index is 12.7. The lowest BCUT2D eigenvalue weighted by atomic mass is 10.0. The molecule has 0 saturated carbocycles. The first-order valence-electron chi connectivity index (χ1n) is 7.62. The van der Waals surface area contributed by atoms with Crippen LogP contribution in [0.25, 0.3) is 11.0 Å². The number of carbonyl (C=O) groups excluding carboxylic acids is 1. The average Bonchev–Trinajstić information content (AvgIpc) is 2.48. The molecule has 1 aliphatic heterocycles. The number of piperidine rings is 1. The highest BCUT2D eigenvalue weighted by Crippen LogP contribution is 2.21. The van der Waals surface area contributed by atoms with Crippen LogP contribution in [0.1, 0.15) is 47.9 Å². The Morgan fingerprint density at radius 1 is 1.14 bits per heavy atom. The van der Waals surface area contributed by atoms with Gasteiger partial charge in [-0.3, -0.25) is 4.79 Å². The van der Waals surface area contributed by atoms with E-state index in [1.807, 2.05) is 36.9 Å². The van der Waals surface area contributed by atoms with Gasteiger partial charge in [-0.1, -0.05) is 0 Å². The predicted octanol–water partition coefficient (Wildman–Crippen LogP) is 3.26. The number of fused-ring (bicyclic) bond motifs is 1. The molecule has 110 valence electrons. The minimum absolute atomic E-state index is 0.115. The zero-order valence-electron chi connectivity index (χ0n) is 12.9. The molecule has 1 atom stereocenters. The molecule has 1 unspecified atom stereocenters. The molecule has 0 bridgehead atoms. The SMILES string of the molecule is Cc1nc2ccc(C(=O)N3CCCCC3C)cc2nc1C. The van der Waals surface area contributed by atoms with Crippen molar-refractivity contribution in [3.63, 3.8) is 0 Å². The van der Waals surface area contributed by atoms with Crippen LogP contribution in [0, 0.1) is 13.8 Å². The molecule has 0 spiro atoms. The van der Waals surface area contributed by atoms with Crippen molar-refractivity contribution in [3.05, 3.63) is 35.2 Å². The second-order valence-corrected chi connectivity index (χ2v) is 5.94. The molecule has 21 heavy (non-hydrogen) atoms. The molecule has 1 fully saturated rings. The van der Waals surface area contributed by atoms with Crippen LogP contribution in [-0.4, -0.2) is 33.4 Å². The third-order valence-electron chi connectivity index (χ3n) is 4.39. The molecule has 1 aliphatic rings. The molecule has 2 aromatic rings. The summed E-state index contributed by atoms with van der Waals surface area (Å²) in [5.41, 5.74) is 4.22. The van der Waals surface area contributed by atoms with Gasteiger partial charge in [0.05, 0.1) is 22.4 Å². The summed E-state index contributed by atoms with van der Waals surface area (Å²) >= 11 is 0. The van der Waals surface area contributed by atoms with Gasteiger partial charge in [0.15, 0.2) is 0 Å². The van der Waals surface area contributed by atoms with Gasteiger partial charge in [-0.15, -0.1) is 0 Å². The Hall–Kier alpha value is -1.97. The Morgan fingerprint density at radius 3 is 2.57 bits per heavy atom. The molecule has 4 heteroatoms. The number of aromatic nitrogens is 2. The molecular weight excluding hydrogens is 262 g/mol. The summed E-state index contributed by atoms with van der Waals surface area (Å²) in [6.07, 6.45) is 3.41. The number of hydrogen-bond donors (Lipinski definition) is 0. The van der Waals surface area contributed by atoms with Crippen molar-refractivity contribution in [3.8, 4) is 0 Å². The van der Waals surface area contributed by atoms with E-state index >= 15 is 0 Å². The quantitative estimate of drug-likeness (QED) is 0.807. The van der Waals surface area contributed by atoms with E-state index in [1.54, 1.807) is 0 Å². The van der Waals surface area contributed by atoms with Crippen molar-refractivity contribution >= 4 is 16.9 Å². The minimum Gasteiger partial charge on any atom is -0.336 e. The third-order valence-corrected chi connectivity index (χ3v) is 4.39. The van der Waals surface area contributed by atoms with Crippen LogP contribution in [0.3, 0.4) is 0 Å². The summed E-state index contributed by atoms with van der Waals surface area (Å²) in [7, 11) is 0. The van der Waals surface area contributed by atoms with Crippen LogP contribution in [0.2, 0.25) is 0 Å². The molecule has 0 radical (unpaired) electrons. The topological polar surface area (TPSA) is 46.1 Å². The summed E-state index contributed by atoms with van der Waals surface area (Å²) < 4.78 is 0. The number of nitrogens with zero attached hydrogens (tertiary/aromatic N) is 3. The van der Waals surface area contributed by atoms with E-state index < -0.39 is 0 Å². The van der Waals surface area contributed by atoms with Gasteiger partial charge in [0, 0.05) is 18.2 Å². The van der Waals surface area contributed by atoms with Gasteiger partial charge >= 0.3 is 0 Å². The first kappa shape index (κ1) is 14.0. The smallest absolute Gasteiger partial charge is 0.254 e. The summed E-state index contributed by atoms with van der Waals surface area (Å²) in [5.74, 6) is 0.115. The fourth-order valence-corrected chi connectivity index (χ4v) is 2.93. The summed E-state index contributed by atoms with van der Waals surface area (Å²) in [4.78, 5) is 23.7. The van der Waals surface area contributed by atoms with E-state index in [4.69, 9.17) is 0 Å². The van der Waals surface area contributed by atoms with E-state index in [0.717, 1.165) is 41.8 Å². The van der Waals surface area contributed by atoms with Crippen LogP contribution in [-0.2, 0) is 0 Å². The van der Waals surface area contributed by atoms with Crippen molar-refractivity contribution in [2.24, 2.45) is 0 Å². The van der Waals surface area contributed by atoms with Gasteiger partial charge in [-0.2, -0.15) is 0 Å². The molecule has 0 aliphatic carbocycles. The monoisotopic (exact) mass is 283 g/mol. The zero-order chi connectivity index (χ0) is 15.0. The highest BCUT2D eigenvalue weighted by molar-refractivity contribution is 5.97. The van der Waals surface area contributed by atoms with E-state index in [-0.39, 0.29) is 5.91 Å². The molecule has 1 aromatic heterocycles. The summed E-state index contributed by atoms with van der Waals surface area (Å²) in [6, 6.07) is 5.97. The number of likely N-dealkylation sites (tertiary alicyclic amines) is 1. The van der Waals surface area contributed by atoms with Crippen LogP contribution < -0.4 is 0 Å². The fourth-order valence-electron chi connectivity index (χ4n) is 2.93. The Balaban J connectivity index is 1.96. The molecule has 4 nitrogen and oxygen atoms in total. The number of carbonyl (C=O) groups is 1. The highest BCUT2D eigenvalue weighted by atomic mass is 16.2. The van der Waals surface area contributed by atoms with Crippen LogP contribution in [0.15, 0.2) is 18.2 Å². The first-order valence-corrected chi connectivity index (χ1v) is 7.62. The van der Waals surface area contributed by atoms with Crippen LogP contribution in [0.4, 0.5) is 0 Å². The Bertz CT molecular complexity index is 696. The molecule has 1 saturated heterocycles. The van der Waals surface area contributed by atoms with E-state index in [2.05, 4.69) is 16.9 Å². The molecule has 2 heterocycles. The Morgan fingerprint density at radius 2 is 1.86 bits per heavy atom. The zero-order valence-corrected chi connectivity index (χ0v) is 12.9. The lowest BCUT2D eigenvalue weighted by Crippen LogP contribution is -2.42. The summed E-state index contributed by atoms with van der Waals surface area (Å²) in [5, 5.41) is 0. The van der Waals surface area contributed by atoms with E-state index in [9.17, 15) is 4.79 Å². The average molecular weight is 283 g/mol. The number of hydrogen-bond acceptors (Lipinski definition) is 3.